The van der Waals surface area contributed by atoms with Gasteiger partial charge in [-0.25, -0.2) is 4.79 Å². The zero-order chi connectivity index (χ0) is 17.9. The Morgan fingerprint density at radius 2 is 1.67 bits per heavy atom. The molecule has 2 saturated heterocycles. The Kier molecular flexibility index (Phi) is 5.82. The molecule has 2 fully saturated rings. The molecule has 2 aliphatic rings. The molecule has 8 nitrogen and oxygen atoms in total. The number of amides is 2. The number of allylic oxidation sites excluding steroid dienone is 1. The molecule has 24 heavy (non-hydrogen) atoms. The second kappa shape index (κ2) is 7.65. The van der Waals surface area contributed by atoms with Crippen LogP contribution < -0.4 is 5.73 Å². The summed E-state index contributed by atoms with van der Waals surface area (Å²) in [4.78, 5) is 39.4. The molecule has 2 rings (SSSR count). The molecule has 2 heterocycles. The fourth-order valence-electron chi connectivity index (χ4n) is 3.42. The molecular formula is C16H25N3O5. The minimum absolute atomic E-state index is 0.0336. The van der Waals surface area contributed by atoms with Crippen molar-refractivity contribution in [3.63, 3.8) is 0 Å². The normalized spacial score (nSPS) is 24.9. The first-order valence-corrected chi connectivity index (χ1v) is 8.29. The molecule has 0 aromatic carbocycles. The van der Waals surface area contributed by atoms with E-state index in [1.807, 2.05) is 0 Å². The van der Waals surface area contributed by atoms with Crippen molar-refractivity contribution in [2.45, 2.75) is 56.7 Å². The lowest BCUT2D eigenvalue weighted by molar-refractivity contribution is -0.152. The molecule has 134 valence electrons. The first-order chi connectivity index (χ1) is 11.3. The summed E-state index contributed by atoms with van der Waals surface area (Å²) < 4.78 is 0. The zero-order valence-corrected chi connectivity index (χ0v) is 13.7. The van der Waals surface area contributed by atoms with Gasteiger partial charge in [0.2, 0.25) is 11.8 Å². The predicted molar refractivity (Wildman–Crippen MR) is 86.1 cm³/mol. The topological polar surface area (TPSA) is 124 Å². The maximum Gasteiger partial charge on any atom is 0.326 e. The average Bonchev–Trinajstić information content (AvgIpc) is 3.19. The lowest BCUT2D eigenvalue weighted by atomic mass is 10.1. The number of carboxylic acid groups (broad SMARTS) is 1. The van der Waals surface area contributed by atoms with Gasteiger partial charge in [0.05, 0.1) is 11.8 Å². The fourth-order valence-corrected chi connectivity index (χ4v) is 3.42. The van der Waals surface area contributed by atoms with Crippen molar-refractivity contribution in [3.05, 3.63) is 12.3 Å². The van der Waals surface area contributed by atoms with Gasteiger partial charge in [0.15, 0.2) is 0 Å². The van der Waals surface area contributed by atoms with Gasteiger partial charge in [0, 0.05) is 19.5 Å². The second-order valence-corrected chi connectivity index (χ2v) is 6.43. The Morgan fingerprint density at radius 1 is 1.08 bits per heavy atom. The average molecular weight is 339 g/mol. The number of nitrogens with zero attached hydrogens (tertiary/aromatic N) is 2. The summed E-state index contributed by atoms with van der Waals surface area (Å²) >= 11 is 0. The number of likely N-dealkylation sites (tertiary alicyclic amines) is 2. The summed E-state index contributed by atoms with van der Waals surface area (Å²) in [6.45, 7) is 4.21. The smallest absolute Gasteiger partial charge is 0.326 e. The van der Waals surface area contributed by atoms with Gasteiger partial charge >= 0.3 is 5.97 Å². The maximum absolute atomic E-state index is 12.7. The van der Waals surface area contributed by atoms with E-state index < -0.39 is 24.1 Å². The predicted octanol–water partition coefficient (Wildman–Crippen LogP) is 0.232. The molecule has 4 N–H and O–H groups in total. The number of aliphatic hydroxyl groups excluding tert-OH is 1. The number of aliphatic carboxylic acids is 1. The van der Waals surface area contributed by atoms with E-state index in [2.05, 4.69) is 6.58 Å². The van der Waals surface area contributed by atoms with E-state index in [9.17, 15) is 19.5 Å². The Bertz CT molecular complexity index is 536. The van der Waals surface area contributed by atoms with Crippen molar-refractivity contribution < 1.29 is 24.6 Å². The van der Waals surface area contributed by atoms with Crippen LogP contribution in [0.1, 0.15) is 38.5 Å². The number of rotatable bonds is 6. The first kappa shape index (κ1) is 18.3. The summed E-state index contributed by atoms with van der Waals surface area (Å²) in [5.41, 5.74) is 5.87. The second-order valence-electron chi connectivity index (χ2n) is 6.43. The molecule has 3 unspecified atom stereocenters. The van der Waals surface area contributed by atoms with Crippen LogP contribution in [-0.4, -0.2) is 69.0 Å². The number of hydrogen-bond acceptors (Lipinski definition) is 5. The Balaban J connectivity index is 2.04. The summed E-state index contributed by atoms with van der Waals surface area (Å²) in [6.07, 6.45) is 2.79. The van der Waals surface area contributed by atoms with Gasteiger partial charge in [-0.1, -0.05) is 6.58 Å². The Hall–Kier alpha value is -2.09. The number of carboxylic acids is 1. The SMILES string of the molecule is C=C(O)CCC(N)C(=O)N1CCCC1C(=O)N1CCCC1C(=O)O. The quantitative estimate of drug-likeness (QED) is 0.595. The molecule has 0 aromatic heterocycles. The van der Waals surface area contributed by atoms with Crippen molar-refractivity contribution in [1.82, 2.24) is 9.80 Å². The van der Waals surface area contributed by atoms with Gasteiger partial charge in [0.25, 0.3) is 0 Å². The van der Waals surface area contributed by atoms with E-state index in [-0.39, 0.29) is 30.4 Å². The number of aliphatic hydroxyl groups is 1. The first-order valence-electron chi connectivity index (χ1n) is 8.29. The lowest BCUT2D eigenvalue weighted by Gasteiger charge is -2.31. The van der Waals surface area contributed by atoms with Crippen LogP contribution in [0, 0.1) is 0 Å². The van der Waals surface area contributed by atoms with Crippen LogP contribution >= 0.6 is 0 Å². The number of hydrogen-bond donors (Lipinski definition) is 3. The number of nitrogens with two attached hydrogens (primary N) is 1. The third-order valence-electron chi connectivity index (χ3n) is 4.70. The van der Waals surface area contributed by atoms with Gasteiger partial charge in [-0.2, -0.15) is 0 Å². The molecule has 0 spiro atoms. The molecule has 2 amide bonds. The molecule has 0 aromatic rings. The molecule has 0 radical (unpaired) electrons. The van der Waals surface area contributed by atoms with Crippen molar-refractivity contribution >= 4 is 17.8 Å². The fraction of sp³-hybridized carbons (Fsp3) is 0.688. The monoisotopic (exact) mass is 339 g/mol. The standard InChI is InChI=1S/C16H25N3O5/c1-10(20)6-7-11(17)14(21)18-8-2-4-12(18)15(22)19-9-3-5-13(19)16(23)24/h11-13,20H,1-9,17H2,(H,23,24). The third-order valence-corrected chi connectivity index (χ3v) is 4.70. The van der Waals surface area contributed by atoms with Gasteiger partial charge < -0.3 is 25.7 Å². The van der Waals surface area contributed by atoms with E-state index in [4.69, 9.17) is 10.8 Å². The maximum atomic E-state index is 12.7. The zero-order valence-electron chi connectivity index (χ0n) is 13.7. The minimum Gasteiger partial charge on any atom is -0.513 e. The molecule has 0 saturated carbocycles. The molecule has 0 bridgehead atoms. The van der Waals surface area contributed by atoms with E-state index in [0.717, 1.165) is 0 Å². The highest BCUT2D eigenvalue weighted by Gasteiger charge is 2.42. The molecule has 2 aliphatic heterocycles. The highest BCUT2D eigenvalue weighted by Crippen LogP contribution is 2.25. The minimum atomic E-state index is -1.00. The molecule has 3 atom stereocenters. The Labute approximate surface area is 140 Å². The van der Waals surface area contributed by atoms with E-state index >= 15 is 0 Å². The molecular weight excluding hydrogens is 314 g/mol. The van der Waals surface area contributed by atoms with E-state index in [1.54, 1.807) is 0 Å². The summed E-state index contributed by atoms with van der Waals surface area (Å²) in [6, 6.07) is -2.25. The summed E-state index contributed by atoms with van der Waals surface area (Å²) in [5, 5.41) is 18.4. The van der Waals surface area contributed by atoms with E-state index in [0.29, 0.717) is 38.8 Å². The lowest BCUT2D eigenvalue weighted by Crippen LogP contribution is -2.53. The highest BCUT2D eigenvalue weighted by atomic mass is 16.4. The van der Waals surface area contributed by atoms with Gasteiger partial charge in [0.1, 0.15) is 12.1 Å². The van der Waals surface area contributed by atoms with Crippen molar-refractivity contribution in [3.8, 4) is 0 Å². The van der Waals surface area contributed by atoms with Gasteiger partial charge in [-0.3, -0.25) is 9.59 Å². The van der Waals surface area contributed by atoms with Crippen molar-refractivity contribution in [1.29, 1.82) is 0 Å². The summed E-state index contributed by atoms with van der Waals surface area (Å²) in [7, 11) is 0. The van der Waals surface area contributed by atoms with Crippen LogP contribution in [0.25, 0.3) is 0 Å². The largest absolute Gasteiger partial charge is 0.513 e. The molecule has 0 aliphatic carbocycles. The highest BCUT2D eigenvalue weighted by molar-refractivity contribution is 5.92. The van der Waals surface area contributed by atoms with Gasteiger partial charge in [-0.15, -0.1) is 0 Å². The van der Waals surface area contributed by atoms with Crippen LogP contribution in [0.4, 0.5) is 0 Å². The van der Waals surface area contributed by atoms with Crippen LogP contribution in [-0.2, 0) is 14.4 Å². The van der Waals surface area contributed by atoms with Crippen molar-refractivity contribution in [2.24, 2.45) is 5.73 Å². The van der Waals surface area contributed by atoms with Gasteiger partial charge in [-0.05, 0) is 32.1 Å². The van der Waals surface area contributed by atoms with Crippen LogP contribution in [0.2, 0.25) is 0 Å². The number of carbonyl (C=O) groups is 3. The van der Waals surface area contributed by atoms with Crippen LogP contribution in [0.3, 0.4) is 0 Å². The number of carbonyl (C=O) groups excluding carboxylic acids is 2. The molecule has 8 heteroatoms. The van der Waals surface area contributed by atoms with E-state index in [1.165, 1.54) is 9.80 Å². The van der Waals surface area contributed by atoms with Crippen LogP contribution in [0.15, 0.2) is 12.3 Å². The summed E-state index contributed by atoms with van der Waals surface area (Å²) in [5.74, 6) is -1.67. The third kappa shape index (κ3) is 3.87. The van der Waals surface area contributed by atoms with Crippen molar-refractivity contribution in [2.75, 3.05) is 13.1 Å². The Morgan fingerprint density at radius 3 is 2.25 bits per heavy atom. The van der Waals surface area contributed by atoms with Crippen LogP contribution in [0.5, 0.6) is 0 Å².